The fourth-order valence-corrected chi connectivity index (χ4v) is 4.43. The smallest absolute Gasteiger partial charge is 0.278 e. The molecule has 1 aliphatic carbocycles. The van der Waals surface area contributed by atoms with Gasteiger partial charge in [0.2, 0.25) is 0 Å². The van der Waals surface area contributed by atoms with Crippen LogP contribution in [0.15, 0.2) is 30.3 Å². The number of hydrogen-bond donors (Lipinski definition) is 2. The Labute approximate surface area is 157 Å². The molecule has 2 fully saturated rings. The number of nitrogens with zero attached hydrogens (tertiary/aromatic N) is 2. The minimum Gasteiger partial charge on any atom is -0.322 e. The first-order valence-corrected chi connectivity index (χ1v) is 10.0. The molecule has 0 radical (unpaired) electrons. The summed E-state index contributed by atoms with van der Waals surface area (Å²) < 4.78 is 0. The van der Waals surface area contributed by atoms with Crippen LogP contribution in [0.2, 0.25) is 0 Å². The second-order valence-corrected chi connectivity index (χ2v) is 8.00. The fourth-order valence-electron chi connectivity index (χ4n) is 4.43. The lowest BCUT2D eigenvalue weighted by Gasteiger charge is -2.39. The zero-order valence-electron chi connectivity index (χ0n) is 16.0. The lowest BCUT2D eigenvalue weighted by molar-refractivity contribution is -1.02. The van der Waals surface area contributed by atoms with Crippen molar-refractivity contribution >= 4 is 5.91 Å². The molecule has 3 rings (SSSR count). The number of carbonyl (C=O) groups excluding carboxylic acids is 1. The summed E-state index contributed by atoms with van der Waals surface area (Å²) >= 11 is 0. The van der Waals surface area contributed by atoms with Crippen LogP contribution in [-0.2, 0) is 11.3 Å². The second-order valence-electron chi connectivity index (χ2n) is 8.00. The first kappa shape index (κ1) is 18.9. The highest BCUT2D eigenvalue weighted by molar-refractivity contribution is 5.78. The van der Waals surface area contributed by atoms with Gasteiger partial charge < -0.3 is 14.7 Å². The second kappa shape index (κ2) is 8.66. The number of likely N-dealkylation sites (N-methyl/N-ethyl adjacent to an activating group) is 1. The number of quaternary nitrogens is 2. The predicted octanol–water partition coefficient (Wildman–Crippen LogP) is -0.345. The molecule has 0 atom stereocenters. The number of nitriles is 1. The van der Waals surface area contributed by atoms with Gasteiger partial charge in [-0.2, -0.15) is 5.26 Å². The molecule has 1 aromatic rings. The van der Waals surface area contributed by atoms with Crippen LogP contribution in [0.4, 0.5) is 0 Å². The van der Waals surface area contributed by atoms with Gasteiger partial charge in [0.1, 0.15) is 38.3 Å². The van der Waals surface area contributed by atoms with Crippen molar-refractivity contribution in [3.63, 3.8) is 0 Å². The monoisotopic (exact) mass is 356 g/mol. The molecule has 1 amide bonds. The summed E-state index contributed by atoms with van der Waals surface area (Å²) in [6, 6.07) is 13.1. The average Bonchev–Trinajstić information content (AvgIpc) is 2.70. The van der Waals surface area contributed by atoms with Gasteiger partial charge in [0.25, 0.3) is 5.91 Å². The fraction of sp³-hybridized carbons (Fsp3) is 0.619. The summed E-state index contributed by atoms with van der Waals surface area (Å²) in [5.74, 6) is 0.134. The van der Waals surface area contributed by atoms with Gasteiger partial charge in [-0.05, 0) is 12.8 Å². The summed E-state index contributed by atoms with van der Waals surface area (Å²) in [6.07, 6.45) is 4.95. The highest BCUT2D eigenvalue weighted by atomic mass is 16.2. The van der Waals surface area contributed by atoms with Crippen LogP contribution in [0.1, 0.15) is 37.7 Å². The first-order valence-electron chi connectivity index (χ1n) is 10.0. The van der Waals surface area contributed by atoms with Gasteiger partial charge in [-0.25, -0.2) is 0 Å². The third kappa shape index (κ3) is 4.44. The van der Waals surface area contributed by atoms with Crippen LogP contribution in [0.5, 0.6) is 0 Å². The number of hydrogen-bond acceptors (Lipinski definition) is 2. The van der Waals surface area contributed by atoms with Crippen molar-refractivity contribution < 1.29 is 14.6 Å². The summed E-state index contributed by atoms with van der Waals surface area (Å²) in [5, 5.41) is 9.69. The Balaban J connectivity index is 1.48. The molecule has 5 nitrogen and oxygen atoms in total. The van der Waals surface area contributed by atoms with E-state index >= 15 is 0 Å². The maximum Gasteiger partial charge on any atom is 0.278 e. The van der Waals surface area contributed by atoms with Crippen LogP contribution in [0, 0.1) is 11.3 Å². The van der Waals surface area contributed by atoms with Crippen LogP contribution in [-0.4, -0.2) is 56.1 Å². The van der Waals surface area contributed by atoms with Gasteiger partial charge in [-0.15, -0.1) is 0 Å². The average molecular weight is 357 g/mol. The van der Waals surface area contributed by atoms with Gasteiger partial charge in [0.15, 0.2) is 6.54 Å². The largest absolute Gasteiger partial charge is 0.322 e. The molecule has 1 heterocycles. The summed E-state index contributed by atoms with van der Waals surface area (Å²) in [6.45, 7) is 5.86. The maximum atomic E-state index is 12.8. The van der Waals surface area contributed by atoms with E-state index in [9.17, 15) is 10.1 Å². The summed E-state index contributed by atoms with van der Waals surface area (Å²) in [7, 11) is 1.84. The SMILES string of the molecule is CN(C(=O)C[NH+]1CC[NH+](Cc2ccccc2)CC1)C1(C#N)CCCCC1. The van der Waals surface area contributed by atoms with Gasteiger partial charge in [-0.3, -0.25) is 4.79 Å². The molecular weight excluding hydrogens is 324 g/mol. The van der Waals surface area contributed by atoms with Crippen molar-refractivity contribution in [3.05, 3.63) is 35.9 Å². The molecule has 0 spiro atoms. The zero-order valence-corrected chi connectivity index (χ0v) is 16.0. The van der Waals surface area contributed by atoms with Gasteiger partial charge in [0.05, 0.1) is 6.07 Å². The van der Waals surface area contributed by atoms with E-state index in [1.165, 1.54) is 16.9 Å². The van der Waals surface area contributed by atoms with E-state index in [0.29, 0.717) is 6.54 Å². The van der Waals surface area contributed by atoms with Crippen molar-refractivity contribution in [3.8, 4) is 6.07 Å². The van der Waals surface area contributed by atoms with Gasteiger partial charge in [-0.1, -0.05) is 49.6 Å². The molecular formula is C21H32N4O+2. The van der Waals surface area contributed by atoms with Crippen molar-refractivity contribution in [2.24, 2.45) is 0 Å². The lowest BCUT2D eigenvalue weighted by Crippen LogP contribution is -3.28. The summed E-state index contributed by atoms with van der Waals surface area (Å²) in [4.78, 5) is 17.5. The molecule has 0 bridgehead atoms. The number of rotatable bonds is 5. The third-order valence-corrected chi connectivity index (χ3v) is 6.27. The molecule has 1 aliphatic heterocycles. The first-order chi connectivity index (χ1) is 12.6. The van der Waals surface area contributed by atoms with Gasteiger partial charge in [0, 0.05) is 12.6 Å². The Morgan fingerprint density at radius 3 is 2.31 bits per heavy atom. The number of piperazine rings is 1. The minimum absolute atomic E-state index is 0.134. The third-order valence-electron chi connectivity index (χ3n) is 6.27. The standard InChI is InChI=1S/C21H30N4O/c1-23(21(18-22)10-6-3-7-11-21)20(26)17-25-14-12-24(13-15-25)16-19-8-4-2-5-9-19/h2,4-5,8-9H,3,6-7,10-17H2,1H3/p+2. The molecule has 26 heavy (non-hydrogen) atoms. The molecule has 2 N–H and O–H groups in total. The van der Waals surface area contributed by atoms with Crippen molar-refractivity contribution in [1.82, 2.24) is 4.90 Å². The van der Waals surface area contributed by atoms with E-state index < -0.39 is 5.54 Å². The number of carbonyl (C=O) groups is 1. The zero-order chi connectivity index (χ0) is 18.4. The molecule has 1 saturated heterocycles. The highest BCUT2D eigenvalue weighted by Gasteiger charge is 2.40. The molecule has 1 aromatic carbocycles. The van der Waals surface area contributed by atoms with Crippen LogP contribution < -0.4 is 9.80 Å². The Kier molecular flexibility index (Phi) is 6.29. The van der Waals surface area contributed by atoms with E-state index in [2.05, 4.69) is 36.4 Å². The number of nitrogens with one attached hydrogen (secondary N) is 2. The molecule has 0 aromatic heterocycles. The van der Waals surface area contributed by atoms with Crippen molar-refractivity contribution in [2.75, 3.05) is 39.8 Å². The number of amides is 1. The van der Waals surface area contributed by atoms with Crippen molar-refractivity contribution in [1.29, 1.82) is 5.26 Å². The molecule has 0 unspecified atom stereocenters. The van der Waals surface area contributed by atoms with E-state index in [-0.39, 0.29) is 5.91 Å². The quantitative estimate of drug-likeness (QED) is 0.758. The highest BCUT2D eigenvalue weighted by Crippen LogP contribution is 2.32. The molecule has 5 heteroatoms. The van der Waals surface area contributed by atoms with Crippen LogP contribution >= 0.6 is 0 Å². The summed E-state index contributed by atoms with van der Waals surface area (Å²) in [5.41, 5.74) is 0.824. The van der Waals surface area contributed by atoms with Crippen molar-refractivity contribution in [2.45, 2.75) is 44.2 Å². The van der Waals surface area contributed by atoms with Crippen LogP contribution in [0.3, 0.4) is 0 Å². The predicted molar refractivity (Wildman–Crippen MR) is 101 cm³/mol. The van der Waals surface area contributed by atoms with E-state index in [4.69, 9.17) is 0 Å². The Morgan fingerprint density at radius 2 is 1.69 bits per heavy atom. The van der Waals surface area contributed by atoms with E-state index in [1.54, 1.807) is 9.80 Å². The molecule has 140 valence electrons. The minimum atomic E-state index is -0.560. The van der Waals surface area contributed by atoms with Crippen LogP contribution in [0.25, 0.3) is 0 Å². The molecule has 2 aliphatic rings. The van der Waals surface area contributed by atoms with E-state index in [1.807, 2.05) is 7.05 Å². The topological polar surface area (TPSA) is 53.0 Å². The Hall–Kier alpha value is -1.90. The lowest BCUT2D eigenvalue weighted by atomic mass is 9.81. The van der Waals surface area contributed by atoms with Gasteiger partial charge >= 0.3 is 0 Å². The normalized spacial score (nSPS) is 25.2. The Morgan fingerprint density at radius 1 is 1.08 bits per heavy atom. The van der Waals surface area contributed by atoms with E-state index in [0.717, 1.165) is 58.4 Å². The molecule has 1 saturated carbocycles. The Bertz CT molecular complexity index is 625. The number of benzene rings is 1. The maximum absolute atomic E-state index is 12.8.